The lowest BCUT2D eigenvalue weighted by Crippen LogP contribution is -2.46. The van der Waals surface area contributed by atoms with Gasteiger partial charge < -0.3 is 18.9 Å². The van der Waals surface area contributed by atoms with Gasteiger partial charge in [0.2, 0.25) is 0 Å². The molecule has 0 aromatic heterocycles. The summed E-state index contributed by atoms with van der Waals surface area (Å²) >= 11 is 0. The number of benzene rings is 3. The first-order chi connectivity index (χ1) is 16.9. The lowest BCUT2D eigenvalue weighted by Gasteiger charge is -2.34. The highest BCUT2D eigenvalue weighted by molar-refractivity contribution is 6.18. The number of fused-ring (bicyclic) bond motifs is 2. The van der Waals surface area contributed by atoms with E-state index in [0.717, 1.165) is 0 Å². The van der Waals surface area contributed by atoms with E-state index < -0.39 is 41.3 Å². The van der Waals surface area contributed by atoms with Crippen LogP contribution in [0.5, 0.6) is 23.0 Å². The molecule has 176 valence electrons. The summed E-state index contributed by atoms with van der Waals surface area (Å²) in [6.07, 6.45) is 0. The first kappa shape index (κ1) is 22.3. The minimum atomic E-state index is -1.46. The van der Waals surface area contributed by atoms with Crippen molar-refractivity contribution in [1.29, 1.82) is 0 Å². The Morgan fingerprint density at radius 3 is 1.63 bits per heavy atom. The van der Waals surface area contributed by atoms with E-state index in [-0.39, 0.29) is 22.6 Å². The summed E-state index contributed by atoms with van der Waals surface area (Å²) in [6.45, 7) is 0. The molecule has 0 fully saturated rings. The number of esters is 2. The van der Waals surface area contributed by atoms with Crippen LogP contribution in [0.3, 0.4) is 0 Å². The van der Waals surface area contributed by atoms with Crippen molar-refractivity contribution in [2.75, 3.05) is 14.2 Å². The number of carbonyl (C=O) groups is 4. The molecular weight excluding hydrogens is 452 g/mol. The highest BCUT2D eigenvalue weighted by Gasteiger charge is 2.52. The number of rotatable bonds is 5. The Labute approximate surface area is 200 Å². The summed E-state index contributed by atoms with van der Waals surface area (Å²) in [5.74, 6) is -5.96. The summed E-state index contributed by atoms with van der Waals surface area (Å²) in [5, 5.41) is 0. The Morgan fingerprint density at radius 2 is 1.14 bits per heavy atom. The number of hydrogen-bond donors (Lipinski definition) is 0. The van der Waals surface area contributed by atoms with Crippen molar-refractivity contribution in [2.24, 2.45) is 11.8 Å². The summed E-state index contributed by atoms with van der Waals surface area (Å²) < 4.78 is 21.6. The van der Waals surface area contributed by atoms with Crippen molar-refractivity contribution in [3.8, 4) is 23.0 Å². The maximum atomic E-state index is 13.6. The van der Waals surface area contributed by atoms with Gasteiger partial charge in [-0.3, -0.25) is 19.2 Å². The fraction of sp³-hybridized carbons (Fsp3) is 0.185. The molecule has 0 aliphatic carbocycles. The molecule has 3 aromatic carbocycles. The molecule has 5 rings (SSSR count). The average Bonchev–Trinajstić information content (AvgIpc) is 2.87. The fourth-order valence-electron chi connectivity index (χ4n) is 4.67. The number of ketones is 2. The molecule has 2 heterocycles. The Kier molecular flexibility index (Phi) is 5.56. The molecule has 0 amide bonds. The number of hydrogen-bond acceptors (Lipinski definition) is 8. The van der Waals surface area contributed by atoms with Gasteiger partial charge in [0.1, 0.15) is 23.3 Å². The quantitative estimate of drug-likeness (QED) is 0.315. The predicted molar refractivity (Wildman–Crippen MR) is 122 cm³/mol. The average molecular weight is 472 g/mol. The summed E-state index contributed by atoms with van der Waals surface area (Å²) in [7, 11) is 2.90. The van der Waals surface area contributed by atoms with Gasteiger partial charge in [-0.2, -0.15) is 0 Å². The molecular formula is C27H20O8. The topological polar surface area (TPSA) is 105 Å². The second-order valence-corrected chi connectivity index (χ2v) is 8.16. The summed E-state index contributed by atoms with van der Waals surface area (Å²) in [5.41, 5.74) is 0.742. The Morgan fingerprint density at radius 1 is 0.657 bits per heavy atom. The SMILES string of the molecule is COc1ccc(C([C@@H]2C(=O)Oc3ccccc3C2=O)[C@@H]2C(=O)Oc3ccccc3C2=O)cc1OC. The van der Waals surface area contributed by atoms with Crippen molar-refractivity contribution in [1.82, 2.24) is 0 Å². The van der Waals surface area contributed by atoms with Gasteiger partial charge in [0.25, 0.3) is 0 Å². The molecule has 35 heavy (non-hydrogen) atoms. The van der Waals surface area contributed by atoms with E-state index in [4.69, 9.17) is 18.9 Å². The van der Waals surface area contributed by atoms with Crippen LogP contribution in [0.25, 0.3) is 0 Å². The van der Waals surface area contributed by atoms with Crippen molar-refractivity contribution < 1.29 is 38.1 Å². The minimum absolute atomic E-state index is 0.132. The molecule has 2 aliphatic heterocycles. The molecule has 8 nitrogen and oxygen atoms in total. The van der Waals surface area contributed by atoms with Gasteiger partial charge in [0.05, 0.1) is 25.3 Å². The normalized spacial score (nSPS) is 18.9. The first-order valence-electron chi connectivity index (χ1n) is 10.9. The molecule has 0 saturated carbocycles. The van der Waals surface area contributed by atoms with Crippen LogP contribution in [0.15, 0.2) is 66.7 Å². The molecule has 0 N–H and O–H groups in total. The van der Waals surface area contributed by atoms with E-state index in [2.05, 4.69) is 0 Å². The van der Waals surface area contributed by atoms with Gasteiger partial charge >= 0.3 is 11.9 Å². The lowest BCUT2D eigenvalue weighted by molar-refractivity contribution is -0.142. The molecule has 0 saturated heterocycles. The van der Waals surface area contributed by atoms with Crippen LogP contribution in [0.4, 0.5) is 0 Å². The second kappa shape index (κ2) is 8.72. The molecule has 0 unspecified atom stereocenters. The van der Waals surface area contributed by atoms with Gasteiger partial charge in [-0.15, -0.1) is 0 Å². The monoisotopic (exact) mass is 472 g/mol. The van der Waals surface area contributed by atoms with Gasteiger partial charge in [-0.1, -0.05) is 30.3 Å². The number of ether oxygens (including phenoxy) is 4. The summed E-state index contributed by atoms with van der Waals surface area (Å²) in [4.78, 5) is 53.6. The lowest BCUT2D eigenvalue weighted by atomic mass is 9.70. The molecule has 8 heteroatoms. The highest BCUT2D eigenvalue weighted by Crippen LogP contribution is 2.45. The van der Waals surface area contributed by atoms with Gasteiger partial charge in [-0.05, 0) is 42.0 Å². The largest absolute Gasteiger partial charge is 0.493 e. The fourth-order valence-corrected chi connectivity index (χ4v) is 4.67. The number of Topliss-reactive ketones (excluding diaryl/α,β-unsaturated/α-hetero) is 2. The molecule has 2 aliphatic rings. The molecule has 0 bridgehead atoms. The van der Waals surface area contributed by atoms with E-state index >= 15 is 0 Å². The Balaban J connectivity index is 1.69. The number of para-hydroxylation sites is 2. The first-order valence-corrected chi connectivity index (χ1v) is 10.9. The van der Waals surface area contributed by atoms with Crippen molar-refractivity contribution in [3.05, 3.63) is 83.4 Å². The maximum Gasteiger partial charge on any atom is 0.322 e. The smallest absolute Gasteiger partial charge is 0.322 e. The van der Waals surface area contributed by atoms with E-state index in [0.29, 0.717) is 17.1 Å². The van der Waals surface area contributed by atoms with Crippen LogP contribution in [0.2, 0.25) is 0 Å². The van der Waals surface area contributed by atoms with Gasteiger partial charge in [0, 0.05) is 5.92 Å². The van der Waals surface area contributed by atoms with Crippen LogP contribution < -0.4 is 18.9 Å². The van der Waals surface area contributed by atoms with Crippen LogP contribution in [-0.2, 0) is 9.59 Å². The highest BCUT2D eigenvalue weighted by atomic mass is 16.5. The third-order valence-electron chi connectivity index (χ3n) is 6.31. The Bertz CT molecular complexity index is 1300. The predicted octanol–water partition coefficient (Wildman–Crippen LogP) is 3.62. The molecule has 2 atom stereocenters. The second-order valence-electron chi connectivity index (χ2n) is 8.16. The van der Waals surface area contributed by atoms with Crippen molar-refractivity contribution in [2.45, 2.75) is 5.92 Å². The van der Waals surface area contributed by atoms with Crippen LogP contribution in [-0.4, -0.2) is 37.7 Å². The van der Waals surface area contributed by atoms with E-state index in [1.54, 1.807) is 54.6 Å². The minimum Gasteiger partial charge on any atom is -0.493 e. The zero-order valence-corrected chi connectivity index (χ0v) is 18.8. The molecule has 0 spiro atoms. The van der Waals surface area contributed by atoms with Crippen molar-refractivity contribution >= 4 is 23.5 Å². The van der Waals surface area contributed by atoms with Crippen LogP contribution in [0, 0.1) is 11.8 Å². The van der Waals surface area contributed by atoms with E-state index in [9.17, 15) is 19.2 Å². The van der Waals surface area contributed by atoms with Gasteiger partial charge in [-0.25, -0.2) is 0 Å². The van der Waals surface area contributed by atoms with E-state index in [1.807, 2.05) is 0 Å². The van der Waals surface area contributed by atoms with Crippen molar-refractivity contribution in [3.63, 3.8) is 0 Å². The third-order valence-corrected chi connectivity index (χ3v) is 6.31. The van der Waals surface area contributed by atoms with Crippen LogP contribution >= 0.6 is 0 Å². The van der Waals surface area contributed by atoms with Gasteiger partial charge in [0.15, 0.2) is 23.1 Å². The zero-order valence-electron chi connectivity index (χ0n) is 18.8. The zero-order chi connectivity index (χ0) is 24.7. The summed E-state index contributed by atoms with van der Waals surface area (Å²) in [6, 6.07) is 17.4. The number of methoxy groups -OCH3 is 2. The molecule has 0 radical (unpaired) electrons. The van der Waals surface area contributed by atoms with Crippen LogP contribution in [0.1, 0.15) is 32.2 Å². The number of carbonyl (C=O) groups excluding carboxylic acids is 4. The molecule has 3 aromatic rings. The standard InChI is InChI=1S/C27H20O8/c1-32-19-12-11-14(13-20(19)33-2)21(22-24(28)15-7-3-5-9-17(15)34-26(22)30)23-25(29)16-8-4-6-10-18(16)35-27(23)31/h3-13,21-23H,1-2H3/t22-,23-/m0/s1. The van der Waals surface area contributed by atoms with E-state index in [1.165, 1.54) is 26.4 Å². The maximum absolute atomic E-state index is 13.6. The Hall–Kier alpha value is -4.46. The third kappa shape index (κ3) is 3.63.